The number of nitrogens with zero attached hydrogens (tertiary/aromatic N) is 3. The first-order valence-corrected chi connectivity index (χ1v) is 7.92. The van der Waals surface area contributed by atoms with Crippen LogP contribution in [0.3, 0.4) is 0 Å². The smallest absolute Gasteiger partial charge is 0.345 e. The highest BCUT2D eigenvalue weighted by Crippen LogP contribution is 2.28. The van der Waals surface area contributed by atoms with Gasteiger partial charge >= 0.3 is 5.97 Å². The van der Waals surface area contributed by atoms with E-state index in [1.165, 1.54) is 6.07 Å². The average molecular weight is 321 g/mol. The van der Waals surface area contributed by atoms with Crippen LogP contribution in [0.25, 0.3) is 0 Å². The van der Waals surface area contributed by atoms with Crippen molar-refractivity contribution in [1.82, 2.24) is 4.90 Å². The maximum Gasteiger partial charge on any atom is 0.345 e. The molecule has 0 aromatic heterocycles. The van der Waals surface area contributed by atoms with Gasteiger partial charge in [-0.05, 0) is 32.5 Å². The lowest BCUT2D eigenvalue weighted by Crippen LogP contribution is -2.51. The number of carbonyl (C=O) groups excluding carboxylic acids is 1. The van der Waals surface area contributed by atoms with E-state index in [4.69, 9.17) is 4.74 Å². The van der Waals surface area contributed by atoms with Gasteiger partial charge in [-0.1, -0.05) is 6.92 Å². The molecule has 1 aromatic rings. The molecule has 126 valence electrons. The molecule has 1 aliphatic rings. The Morgan fingerprint density at radius 3 is 2.70 bits per heavy atom. The minimum Gasteiger partial charge on any atom is -0.462 e. The summed E-state index contributed by atoms with van der Waals surface area (Å²) in [4.78, 5) is 27.2. The number of benzene rings is 1. The number of likely N-dealkylation sites (N-methyl/N-ethyl adjacent to an activating group) is 1. The molecule has 1 fully saturated rings. The van der Waals surface area contributed by atoms with Crippen molar-refractivity contribution >= 4 is 17.3 Å². The standard InChI is InChI=1S/C16H23N3O4/c1-4-17-8-9-18(12(3)11-17)13-6-7-15(19(21)22)14(10-13)16(20)23-5-2/h6-7,10,12H,4-5,8-9,11H2,1-3H3/t12-/m0/s1. The quantitative estimate of drug-likeness (QED) is 0.470. The van der Waals surface area contributed by atoms with Crippen LogP contribution in [-0.4, -0.2) is 54.6 Å². The third-order valence-corrected chi connectivity index (χ3v) is 4.16. The number of carbonyl (C=O) groups is 1. The Balaban J connectivity index is 2.31. The molecule has 0 unspecified atom stereocenters. The van der Waals surface area contributed by atoms with E-state index in [-0.39, 0.29) is 23.9 Å². The van der Waals surface area contributed by atoms with Gasteiger partial charge in [0.15, 0.2) is 0 Å². The number of rotatable bonds is 5. The van der Waals surface area contributed by atoms with E-state index >= 15 is 0 Å². The minimum atomic E-state index is -0.652. The van der Waals surface area contributed by atoms with Crippen LogP contribution in [0.5, 0.6) is 0 Å². The fourth-order valence-electron chi connectivity index (χ4n) is 2.94. The molecule has 1 saturated heterocycles. The van der Waals surface area contributed by atoms with Gasteiger partial charge in [-0.25, -0.2) is 4.79 Å². The Morgan fingerprint density at radius 2 is 2.13 bits per heavy atom. The molecule has 23 heavy (non-hydrogen) atoms. The molecule has 0 N–H and O–H groups in total. The molecule has 0 aliphatic carbocycles. The Hall–Kier alpha value is -2.15. The van der Waals surface area contributed by atoms with Crippen molar-refractivity contribution in [2.45, 2.75) is 26.8 Å². The van der Waals surface area contributed by atoms with Gasteiger partial charge in [0.05, 0.1) is 11.5 Å². The van der Waals surface area contributed by atoms with Crippen LogP contribution in [0.2, 0.25) is 0 Å². The minimum absolute atomic E-state index is 0.0134. The molecule has 0 bridgehead atoms. The summed E-state index contributed by atoms with van der Waals surface area (Å²) in [5.41, 5.74) is 0.619. The lowest BCUT2D eigenvalue weighted by atomic mass is 10.1. The predicted octanol–water partition coefficient (Wildman–Crippen LogP) is 2.30. The van der Waals surface area contributed by atoms with Gasteiger partial charge in [-0.15, -0.1) is 0 Å². The Kier molecular flexibility index (Phi) is 5.54. The summed E-state index contributed by atoms with van der Waals surface area (Å²) in [6.07, 6.45) is 0. The fraction of sp³-hybridized carbons (Fsp3) is 0.562. The average Bonchev–Trinajstić information content (AvgIpc) is 2.54. The molecule has 1 aliphatic heterocycles. The Bertz CT molecular complexity index is 591. The normalized spacial score (nSPS) is 18.7. The van der Waals surface area contributed by atoms with Crippen LogP contribution in [0.1, 0.15) is 31.1 Å². The van der Waals surface area contributed by atoms with Crippen LogP contribution < -0.4 is 4.90 Å². The highest BCUT2D eigenvalue weighted by atomic mass is 16.6. The van der Waals surface area contributed by atoms with Crippen molar-refractivity contribution in [2.75, 3.05) is 37.7 Å². The maximum absolute atomic E-state index is 12.0. The number of ether oxygens (including phenoxy) is 1. The van der Waals surface area contributed by atoms with Gasteiger partial charge in [-0.2, -0.15) is 0 Å². The monoisotopic (exact) mass is 321 g/mol. The summed E-state index contributed by atoms with van der Waals surface area (Å²) in [5.74, 6) is -0.652. The van der Waals surface area contributed by atoms with Crippen molar-refractivity contribution in [3.63, 3.8) is 0 Å². The SMILES string of the molecule is CCOC(=O)c1cc(N2CCN(CC)C[C@@H]2C)ccc1[N+](=O)[O-]. The van der Waals surface area contributed by atoms with Crippen LogP contribution in [0.4, 0.5) is 11.4 Å². The van der Waals surface area contributed by atoms with E-state index in [0.717, 1.165) is 31.9 Å². The third-order valence-electron chi connectivity index (χ3n) is 4.16. The summed E-state index contributed by atoms with van der Waals surface area (Å²) in [7, 11) is 0. The molecule has 2 rings (SSSR count). The fourth-order valence-corrected chi connectivity index (χ4v) is 2.94. The molecule has 7 heteroatoms. The number of anilines is 1. The van der Waals surface area contributed by atoms with Crippen LogP contribution in [0.15, 0.2) is 18.2 Å². The summed E-state index contributed by atoms with van der Waals surface area (Å²) in [5, 5.41) is 11.1. The summed E-state index contributed by atoms with van der Waals surface area (Å²) in [6, 6.07) is 4.95. The highest BCUT2D eigenvalue weighted by Gasteiger charge is 2.27. The lowest BCUT2D eigenvalue weighted by Gasteiger charge is -2.41. The first-order valence-electron chi connectivity index (χ1n) is 7.92. The number of nitro groups is 1. The number of piperazine rings is 1. The second-order valence-electron chi connectivity index (χ2n) is 5.61. The van der Waals surface area contributed by atoms with E-state index in [2.05, 4.69) is 23.6 Å². The zero-order chi connectivity index (χ0) is 17.0. The van der Waals surface area contributed by atoms with Gasteiger partial charge in [0, 0.05) is 37.4 Å². The molecule has 1 aromatic carbocycles. The second kappa shape index (κ2) is 7.41. The largest absolute Gasteiger partial charge is 0.462 e. The molecule has 0 amide bonds. The van der Waals surface area contributed by atoms with Crippen LogP contribution in [0, 0.1) is 10.1 Å². The highest BCUT2D eigenvalue weighted by molar-refractivity contribution is 5.95. The second-order valence-corrected chi connectivity index (χ2v) is 5.61. The van der Waals surface area contributed by atoms with Crippen molar-refractivity contribution < 1.29 is 14.5 Å². The topological polar surface area (TPSA) is 75.9 Å². The van der Waals surface area contributed by atoms with E-state index in [9.17, 15) is 14.9 Å². The molecule has 0 spiro atoms. The zero-order valence-electron chi connectivity index (χ0n) is 13.8. The van der Waals surface area contributed by atoms with E-state index < -0.39 is 10.9 Å². The molecular formula is C16H23N3O4. The molecule has 0 radical (unpaired) electrons. The van der Waals surface area contributed by atoms with Gasteiger partial charge in [0.2, 0.25) is 0 Å². The maximum atomic E-state index is 12.0. The lowest BCUT2D eigenvalue weighted by molar-refractivity contribution is -0.385. The number of nitro benzene ring substituents is 1. The van der Waals surface area contributed by atoms with Gasteiger partial charge in [0.25, 0.3) is 5.69 Å². The van der Waals surface area contributed by atoms with Crippen LogP contribution in [-0.2, 0) is 4.74 Å². The molecule has 0 saturated carbocycles. The van der Waals surface area contributed by atoms with E-state index in [1.54, 1.807) is 19.1 Å². The number of hydrogen-bond donors (Lipinski definition) is 0. The third kappa shape index (κ3) is 3.79. The molecular weight excluding hydrogens is 298 g/mol. The molecule has 1 heterocycles. The summed E-state index contributed by atoms with van der Waals surface area (Å²) in [6.45, 7) is 9.82. The van der Waals surface area contributed by atoms with Gasteiger partial charge < -0.3 is 9.64 Å². The van der Waals surface area contributed by atoms with Crippen molar-refractivity contribution in [3.8, 4) is 0 Å². The first-order chi connectivity index (χ1) is 11.0. The van der Waals surface area contributed by atoms with Crippen molar-refractivity contribution in [3.05, 3.63) is 33.9 Å². The number of esters is 1. The molecule has 1 atom stereocenters. The van der Waals surface area contributed by atoms with E-state index in [1.807, 2.05) is 0 Å². The zero-order valence-corrected chi connectivity index (χ0v) is 13.8. The Morgan fingerprint density at radius 1 is 1.39 bits per heavy atom. The van der Waals surface area contributed by atoms with Gasteiger partial charge in [0.1, 0.15) is 5.56 Å². The Labute approximate surface area is 136 Å². The molecule has 7 nitrogen and oxygen atoms in total. The van der Waals surface area contributed by atoms with Crippen molar-refractivity contribution in [1.29, 1.82) is 0 Å². The van der Waals surface area contributed by atoms with Crippen molar-refractivity contribution in [2.24, 2.45) is 0 Å². The van der Waals surface area contributed by atoms with E-state index in [0.29, 0.717) is 0 Å². The van der Waals surface area contributed by atoms with Crippen LogP contribution >= 0.6 is 0 Å². The number of hydrogen-bond acceptors (Lipinski definition) is 6. The summed E-state index contributed by atoms with van der Waals surface area (Å²) >= 11 is 0. The summed E-state index contributed by atoms with van der Waals surface area (Å²) < 4.78 is 4.95. The predicted molar refractivity (Wildman–Crippen MR) is 88.0 cm³/mol. The first kappa shape index (κ1) is 17.2. The van der Waals surface area contributed by atoms with Gasteiger partial charge in [-0.3, -0.25) is 15.0 Å².